The van der Waals surface area contributed by atoms with E-state index in [1.54, 1.807) is 42.7 Å². The molecule has 0 spiro atoms. The highest BCUT2D eigenvalue weighted by molar-refractivity contribution is 7.16. The summed E-state index contributed by atoms with van der Waals surface area (Å²) in [6.45, 7) is 4.05. The van der Waals surface area contributed by atoms with Crippen LogP contribution in [0.2, 0.25) is 0 Å². The van der Waals surface area contributed by atoms with E-state index in [2.05, 4.69) is 30.5 Å². The summed E-state index contributed by atoms with van der Waals surface area (Å²) in [6.07, 6.45) is 4.92. The van der Waals surface area contributed by atoms with Crippen molar-refractivity contribution in [2.75, 3.05) is 12.4 Å². The summed E-state index contributed by atoms with van der Waals surface area (Å²) in [4.78, 5) is 22.8. The smallest absolute Gasteiger partial charge is 0.335 e. The molecule has 6 nitrogen and oxygen atoms in total. The molecule has 172 valence electrons. The molecule has 4 rings (SSSR count). The van der Waals surface area contributed by atoms with Crippen molar-refractivity contribution in [2.24, 2.45) is 0 Å². The van der Waals surface area contributed by atoms with E-state index < -0.39 is 5.97 Å². The van der Waals surface area contributed by atoms with E-state index in [4.69, 9.17) is 19.8 Å². The minimum absolute atomic E-state index is 0.245. The Morgan fingerprint density at radius 2 is 1.76 bits per heavy atom. The van der Waals surface area contributed by atoms with Crippen molar-refractivity contribution in [3.05, 3.63) is 87.9 Å². The number of ether oxygens (including phenoxy) is 1. The average Bonchev–Trinajstić information content (AvgIpc) is 3.32. The van der Waals surface area contributed by atoms with Crippen LogP contribution < -0.4 is 10.1 Å². The highest BCUT2D eigenvalue weighted by Crippen LogP contribution is 2.31. The number of thiophene rings is 1. The van der Waals surface area contributed by atoms with E-state index in [-0.39, 0.29) is 5.56 Å². The van der Waals surface area contributed by atoms with E-state index in [0.717, 1.165) is 50.3 Å². The molecule has 4 aromatic rings. The van der Waals surface area contributed by atoms with E-state index in [1.165, 1.54) is 0 Å². The molecule has 2 N–H and O–H groups in total. The van der Waals surface area contributed by atoms with Gasteiger partial charge in [-0.1, -0.05) is 25.1 Å². The first-order chi connectivity index (χ1) is 16.5. The fraction of sp³-hybridized carbons (Fsp3) is 0.148. The standard InChI is InChI=1S/C27H25N3O3S/c1-4-23-17(2)28-26(30-25(23)29-20-10-8-19(9-11-20)27(31)32)24-16-15-22(34-24)14-7-18-5-12-21(33-3)13-6-18/h5-16H,4H2,1-3H3,(H,31,32)(H,28,29,30)/b14-7+. The van der Waals surface area contributed by atoms with Crippen LogP contribution in [-0.4, -0.2) is 28.2 Å². The predicted molar refractivity (Wildman–Crippen MR) is 138 cm³/mol. The highest BCUT2D eigenvalue weighted by atomic mass is 32.1. The first-order valence-corrected chi connectivity index (χ1v) is 11.7. The number of carboxylic acid groups (broad SMARTS) is 1. The lowest BCUT2D eigenvalue weighted by Crippen LogP contribution is -2.05. The van der Waals surface area contributed by atoms with Gasteiger partial charge < -0.3 is 15.2 Å². The number of hydrogen-bond donors (Lipinski definition) is 2. The molecule has 2 aromatic carbocycles. The molecule has 7 heteroatoms. The van der Waals surface area contributed by atoms with Gasteiger partial charge in [0.1, 0.15) is 11.6 Å². The molecular weight excluding hydrogens is 446 g/mol. The van der Waals surface area contributed by atoms with Crippen molar-refractivity contribution >= 4 is 41.0 Å². The molecule has 2 heterocycles. The molecule has 0 amide bonds. The first kappa shape index (κ1) is 23.2. The molecule has 0 radical (unpaired) electrons. The van der Waals surface area contributed by atoms with Gasteiger partial charge in [0.15, 0.2) is 5.82 Å². The van der Waals surface area contributed by atoms with Crippen LogP contribution in [0.25, 0.3) is 22.9 Å². The Morgan fingerprint density at radius 1 is 1.03 bits per heavy atom. The molecule has 0 atom stereocenters. The van der Waals surface area contributed by atoms with Crippen LogP contribution in [0.4, 0.5) is 11.5 Å². The minimum atomic E-state index is -0.949. The second kappa shape index (κ2) is 10.3. The lowest BCUT2D eigenvalue weighted by atomic mass is 10.1. The number of benzene rings is 2. The quantitative estimate of drug-likeness (QED) is 0.298. The van der Waals surface area contributed by atoms with Crippen molar-refractivity contribution in [3.8, 4) is 16.5 Å². The number of aryl methyl sites for hydroxylation is 1. The van der Waals surface area contributed by atoms with Crippen LogP contribution in [0.1, 0.15) is 39.0 Å². The van der Waals surface area contributed by atoms with Gasteiger partial charge in [-0.3, -0.25) is 0 Å². The van der Waals surface area contributed by atoms with Crippen LogP contribution in [0, 0.1) is 6.92 Å². The van der Waals surface area contributed by atoms with Crippen LogP contribution in [0.5, 0.6) is 5.75 Å². The van der Waals surface area contributed by atoms with Crippen molar-refractivity contribution in [2.45, 2.75) is 20.3 Å². The number of anilines is 2. The molecule has 0 bridgehead atoms. The topological polar surface area (TPSA) is 84.3 Å². The van der Waals surface area contributed by atoms with E-state index in [9.17, 15) is 4.79 Å². The molecule has 0 aliphatic heterocycles. The Balaban J connectivity index is 1.58. The number of nitrogens with one attached hydrogen (secondary N) is 1. The van der Waals surface area contributed by atoms with Crippen molar-refractivity contribution in [1.82, 2.24) is 9.97 Å². The van der Waals surface area contributed by atoms with Crippen LogP contribution >= 0.6 is 11.3 Å². The van der Waals surface area contributed by atoms with Crippen molar-refractivity contribution in [1.29, 1.82) is 0 Å². The van der Waals surface area contributed by atoms with Gasteiger partial charge in [-0.05, 0) is 73.5 Å². The maximum absolute atomic E-state index is 11.1. The van der Waals surface area contributed by atoms with Gasteiger partial charge in [0.2, 0.25) is 0 Å². The SMILES string of the molecule is CCc1c(C)nc(-c2ccc(/C=C/c3ccc(OC)cc3)s2)nc1Nc1ccc(C(=O)O)cc1. The van der Waals surface area contributed by atoms with Crippen molar-refractivity contribution in [3.63, 3.8) is 0 Å². The maximum atomic E-state index is 11.1. The minimum Gasteiger partial charge on any atom is -0.497 e. The average molecular weight is 472 g/mol. The Morgan fingerprint density at radius 3 is 2.41 bits per heavy atom. The molecule has 0 aliphatic rings. The van der Waals surface area contributed by atoms with Crippen molar-refractivity contribution < 1.29 is 14.6 Å². The molecule has 2 aromatic heterocycles. The third kappa shape index (κ3) is 5.32. The number of hydrogen-bond acceptors (Lipinski definition) is 6. The Hall–Kier alpha value is -3.97. The summed E-state index contributed by atoms with van der Waals surface area (Å²) < 4.78 is 5.21. The third-order valence-corrected chi connectivity index (χ3v) is 6.41. The summed E-state index contributed by atoms with van der Waals surface area (Å²) in [5, 5.41) is 12.5. The summed E-state index contributed by atoms with van der Waals surface area (Å²) in [5.41, 5.74) is 4.06. The number of nitrogens with zero attached hydrogens (tertiary/aromatic N) is 2. The fourth-order valence-corrected chi connectivity index (χ4v) is 4.37. The van der Waals surface area contributed by atoms with Crippen LogP contribution in [-0.2, 0) is 6.42 Å². The second-order valence-corrected chi connectivity index (χ2v) is 8.74. The number of carboxylic acids is 1. The van der Waals surface area contributed by atoms with Crippen LogP contribution in [0.3, 0.4) is 0 Å². The van der Waals surface area contributed by atoms with Gasteiger partial charge in [0.25, 0.3) is 0 Å². The molecular formula is C27H25N3O3S. The van der Waals surface area contributed by atoms with Gasteiger partial charge in [0.05, 0.1) is 17.6 Å². The zero-order valence-corrected chi connectivity index (χ0v) is 20.0. The summed E-state index contributed by atoms with van der Waals surface area (Å²) in [6, 6.07) is 18.6. The molecule has 0 saturated carbocycles. The number of carbonyl (C=O) groups is 1. The zero-order valence-electron chi connectivity index (χ0n) is 19.2. The largest absolute Gasteiger partial charge is 0.497 e. The number of rotatable bonds is 8. The van der Waals surface area contributed by atoms with Gasteiger partial charge in [-0.2, -0.15) is 0 Å². The monoisotopic (exact) mass is 471 g/mol. The molecule has 0 unspecified atom stereocenters. The Labute approximate surface area is 202 Å². The Kier molecular flexibility index (Phi) is 7.04. The number of methoxy groups -OCH3 is 1. The normalized spacial score (nSPS) is 11.0. The van der Waals surface area contributed by atoms with E-state index in [0.29, 0.717) is 5.82 Å². The predicted octanol–water partition coefficient (Wildman–Crippen LogP) is 6.70. The zero-order chi connectivity index (χ0) is 24.1. The lowest BCUT2D eigenvalue weighted by molar-refractivity contribution is 0.0697. The van der Waals surface area contributed by atoms with Gasteiger partial charge in [0, 0.05) is 21.8 Å². The van der Waals surface area contributed by atoms with Gasteiger partial charge >= 0.3 is 5.97 Å². The lowest BCUT2D eigenvalue weighted by Gasteiger charge is -2.13. The van der Waals surface area contributed by atoms with Crippen LogP contribution in [0.15, 0.2) is 60.7 Å². The van der Waals surface area contributed by atoms with E-state index >= 15 is 0 Å². The summed E-state index contributed by atoms with van der Waals surface area (Å²) in [7, 11) is 1.66. The van der Waals surface area contributed by atoms with E-state index in [1.807, 2.05) is 37.3 Å². The maximum Gasteiger partial charge on any atom is 0.335 e. The Bertz CT molecular complexity index is 1330. The van der Waals surface area contributed by atoms with Gasteiger partial charge in [-0.25, -0.2) is 14.8 Å². The van der Waals surface area contributed by atoms with Gasteiger partial charge in [-0.15, -0.1) is 11.3 Å². The first-order valence-electron chi connectivity index (χ1n) is 10.9. The summed E-state index contributed by atoms with van der Waals surface area (Å²) >= 11 is 1.63. The fourth-order valence-electron chi connectivity index (χ4n) is 3.52. The molecule has 0 aliphatic carbocycles. The molecule has 0 fully saturated rings. The third-order valence-electron chi connectivity index (χ3n) is 5.37. The summed E-state index contributed by atoms with van der Waals surface area (Å²) in [5.74, 6) is 1.28. The number of aromatic nitrogens is 2. The number of aromatic carboxylic acids is 1. The highest BCUT2D eigenvalue weighted by Gasteiger charge is 2.14. The second-order valence-electron chi connectivity index (χ2n) is 7.63. The molecule has 0 saturated heterocycles. The molecule has 34 heavy (non-hydrogen) atoms.